The topological polar surface area (TPSA) is 62.9 Å². The Morgan fingerprint density at radius 3 is 2.60 bits per heavy atom. The van der Waals surface area contributed by atoms with Gasteiger partial charge in [-0.05, 0) is 30.7 Å². The van der Waals surface area contributed by atoms with Gasteiger partial charge >= 0.3 is 0 Å². The molecule has 3 N–H and O–H groups in total. The fourth-order valence-electron chi connectivity index (χ4n) is 2.71. The van der Waals surface area contributed by atoms with Crippen LogP contribution in [-0.2, 0) is 4.74 Å². The summed E-state index contributed by atoms with van der Waals surface area (Å²) < 4.78 is 5.34. The van der Waals surface area contributed by atoms with Crippen LogP contribution >= 0.6 is 47.2 Å². The van der Waals surface area contributed by atoms with Crippen LogP contribution in [-0.4, -0.2) is 56.8 Å². The monoisotopic (exact) mass is 500 g/mol. The van der Waals surface area contributed by atoms with Crippen molar-refractivity contribution in [3.05, 3.63) is 33.8 Å². The van der Waals surface area contributed by atoms with E-state index in [1.165, 1.54) is 0 Å². The number of hydrogen-bond acceptors (Lipinski definition) is 3. The van der Waals surface area contributed by atoms with E-state index >= 15 is 0 Å². The van der Waals surface area contributed by atoms with Crippen LogP contribution in [0.3, 0.4) is 0 Å². The van der Waals surface area contributed by atoms with Gasteiger partial charge in [-0.15, -0.1) is 24.0 Å². The molecular formula is C17H27Cl2IN4O. The molecule has 1 aliphatic heterocycles. The van der Waals surface area contributed by atoms with Crippen LogP contribution in [0.4, 0.5) is 0 Å². The van der Waals surface area contributed by atoms with Gasteiger partial charge in [-0.3, -0.25) is 9.89 Å². The first-order chi connectivity index (χ1) is 11.6. The second-order valence-corrected chi connectivity index (χ2v) is 6.81. The Labute approximate surface area is 177 Å². The standard InChI is InChI=1S/C17H26Cl2N4O.HI/c1-13(16-14(18)4-2-5-15(16)19)12-22-17(20)21-6-3-7-23-8-10-24-11-9-23;/h2,4-5,13H,3,6-12H2,1H3,(H3,20,21,22);1H. The normalized spacial score (nSPS) is 17.0. The van der Waals surface area contributed by atoms with Crippen molar-refractivity contribution in [1.82, 2.24) is 10.2 Å². The van der Waals surface area contributed by atoms with Crippen molar-refractivity contribution in [3.8, 4) is 0 Å². The van der Waals surface area contributed by atoms with Crippen molar-refractivity contribution in [2.45, 2.75) is 19.3 Å². The molecule has 0 saturated carbocycles. The molecule has 1 fully saturated rings. The third-order valence-corrected chi connectivity index (χ3v) is 4.75. The molecule has 2 rings (SSSR count). The molecule has 1 aromatic rings. The maximum Gasteiger partial charge on any atom is 0.188 e. The lowest BCUT2D eigenvalue weighted by Gasteiger charge is -2.26. The van der Waals surface area contributed by atoms with Crippen molar-refractivity contribution in [1.29, 1.82) is 0 Å². The smallest absolute Gasteiger partial charge is 0.188 e. The molecule has 1 saturated heterocycles. The average Bonchev–Trinajstić information content (AvgIpc) is 2.57. The summed E-state index contributed by atoms with van der Waals surface area (Å²) in [7, 11) is 0. The van der Waals surface area contributed by atoms with Crippen LogP contribution in [0.25, 0.3) is 0 Å². The van der Waals surface area contributed by atoms with E-state index in [1.807, 2.05) is 25.1 Å². The first-order valence-corrected chi connectivity index (χ1v) is 9.11. The quantitative estimate of drug-likeness (QED) is 0.261. The Bertz CT molecular complexity index is 533. The molecule has 0 aromatic heterocycles. The van der Waals surface area contributed by atoms with Crippen LogP contribution in [0.5, 0.6) is 0 Å². The number of hydrogen-bond donors (Lipinski definition) is 2. The summed E-state index contributed by atoms with van der Waals surface area (Å²) in [5, 5.41) is 4.50. The number of morpholine rings is 1. The zero-order valence-electron chi connectivity index (χ0n) is 14.5. The van der Waals surface area contributed by atoms with Gasteiger partial charge < -0.3 is 15.8 Å². The number of aliphatic imine (C=N–C) groups is 1. The second kappa shape index (κ2) is 12.2. The maximum absolute atomic E-state index is 6.22. The number of nitrogens with two attached hydrogens (primary N) is 1. The first-order valence-electron chi connectivity index (χ1n) is 8.35. The number of benzene rings is 1. The van der Waals surface area contributed by atoms with Crippen LogP contribution < -0.4 is 11.1 Å². The summed E-state index contributed by atoms with van der Waals surface area (Å²) in [5.74, 6) is 0.576. The highest BCUT2D eigenvalue weighted by Gasteiger charge is 2.13. The summed E-state index contributed by atoms with van der Waals surface area (Å²) in [6, 6.07) is 5.53. The zero-order chi connectivity index (χ0) is 17.4. The van der Waals surface area contributed by atoms with E-state index in [4.69, 9.17) is 33.7 Å². The molecule has 142 valence electrons. The number of halogens is 3. The van der Waals surface area contributed by atoms with Gasteiger partial charge in [0.25, 0.3) is 0 Å². The first kappa shape index (κ1) is 22.8. The van der Waals surface area contributed by atoms with E-state index in [0.29, 0.717) is 22.5 Å². The third-order valence-electron chi connectivity index (χ3n) is 4.09. The highest BCUT2D eigenvalue weighted by Crippen LogP contribution is 2.31. The molecule has 5 nitrogen and oxygen atoms in total. The second-order valence-electron chi connectivity index (χ2n) is 6.00. The molecule has 1 aliphatic rings. The van der Waals surface area contributed by atoms with Crippen LogP contribution in [0.15, 0.2) is 23.2 Å². The van der Waals surface area contributed by atoms with E-state index < -0.39 is 0 Å². The number of ether oxygens (including phenoxy) is 1. The lowest BCUT2D eigenvalue weighted by molar-refractivity contribution is 0.0376. The Hall–Kier alpha value is -0.280. The summed E-state index contributed by atoms with van der Waals surface area (Å²) in [6.07, 6.45) is 1.03. The van der Waals surface area contributed by atoms with Crippen molar-refractivity contribution in [2.24, 2.45) is 10.7 Å². The molecule has 1 aromatic carbocycles. The van der Waals surface area contributed by atoms with E-state index in [0.717, 1.165) is 51.4 Å². The molecular weight excluding hydrogens is 474 g/mol. The predicted molar refractivity (Wildman–Crippen MR) is 117 cm³/mol. The Morgan fingerprint density at radius 1 is 1.32 bits per heavy atom. The molecule has 1 heterocycles. The average molecular weight is 501 g/mol. The van der Waals surface area contributed by atoms with E-state index in [-0.39, 0.29) is 29.9 Å². The van der Waals surface area contributed by atoms with Crippen LogP contribution in [0, 0.1) is 0 Å². The molecule has 1 unspecified atom stereocenters. The molecule has 0 aliphatic carbocycles. The van der Waals surface area contributed by atoms with Crippen LogP contribution in [0.1, 0.15) is 24.8 Å². The molecule has 8 heteroatoms. The lowest BCUT2D eigenvalue weighted by Crippen LogP contribution is -2.39. The maximum atomic E-state index is 6.22. The van der Waals surface area contributed by atoms with E-state index in [1.54, 1.807) is 0 Å². The Balaban J connectivity index is 0.00000312. The van der Waals surface area contributed by atoms with Crippen molar-refractivity contribution < 1.29 is 4.74 Å². The summed E-state index contributed by atoms with van der Waals surface area (Å²) in [5.41, 5.74) is 6.86. The number of nitrogens with zero attached hydrogens (tertiary/aromatic N) is 2. The zero-order valence-corrected chi connectivity index (χ0v) is 18.4. The molecule has 0 amide bonds. The molecule has 1 atom stereocenters. The van der Waals surface area contributed by atoms with Crippen molar-refractivity contribution in [3.63, 3.8) is 0 Å². The van der Waals surface area contributed by atoms with Gasteiger partial charge in [0.15, 0.2) is 5.96 Å². The molecule has 0 radical (unpaired) electrons. The minimum Gasteiger partial charge on any atom is -0.379 e. The SMILES string of the molecule is CC(CN=C(N)NCCCN1CCOCC1)c1c(Cl)cccc1Cl.I. The van der Waals surface area contributed by atoms with Crippen molar-refractivity contribution >= 4 is 53.1 Å². The van der Waals surface area contributed by atoms with E-state index in [2.05, 4.69) is 15.2 Å². The minimum atomic E-state index is 0. The van der Waals surface area contributed by atoms with Gasteiger partial charge in [0.2, 0.25) is 0 Å². The summed E-state index contributed by atoms with van der Waals surface area (Å²) >= 11 is 12.4. The van der Waals surface area contributed by atoms with Crippen molar-refractivity contribution in [2.75, 3.05) is 45.9 Å². The molecule has 0 spiro atoms. The number of nitrogens with one attached hydrogen (secondary N) is 1. The van der Waals surface area contributed by atoms with Gasteiger partial charge in [-0.25, -0.2) is 0 Å². The Kier molecular flexibility index (Phi) is 11.1. The van der Waals surface area contributed by atoms with Gasteiger partial charge in [-0.2, -0.15) is 0 Å². The third kappa shape index (κ3) is 7.86. The Morgan fingerprint density at radius 2 is 1.96 bits per heavy atom. The largest absolute Gasteiger partial charge is 0.379 e. The lowest BCUT2D eigenvalue weighted by atomic mass is 10.0. The molecule has 25 heavy (non-hydrogen) atoms. The van der Waals surface area contributed by atoms with Crippen LogP contribution in [0.2, 0.25) is 10.0 Å². The highest BCUT2D eigenvalue weighted by atomic mass is 127. The summed E-state index contributed by atoms with van der Waals surface area (Å²) in [6.45, 7) is 8.15. The summed E-state index contributed by atoms with van der Waals surface area (Å²) in [4.78, 5) is 6.80. The molecule has 0 bridgehead atoms. The van der Waals surface area contributed by atoms with Gasteiger partial charge in [0, 0.05) is 42.1 Å². The minimum absolute atomic E-state index is 0. The van der Waals surface area contributed by atoms with Gasteiger partial charge in [0.05, 0.1) is 13.2 Å². The number of rotatable bonds is 7. The van der Waals surface area contributed by atoms with Gasteiger partial charge in [0.1, 0.15) is 0 Å². The highest BCUT2D eigenvalue weighted by molar-refractivity contribution is 14.0. The fourth-order valence-corrected chi connectivity index (χ4v) is 3.48. The van der Waals surface area contributed by atoms with Gasteiger partial charge in [-0.1, -0.05) is 36.2 Å². The number of guanidine groups is 1. The van der Waals surface area contributed by atoms with E-state index in [9.17, 15) is 0 Å². The fraction of sp³-hybridized carbons (Fsp3) is 0.588. The predicted octanol–water partition coefficient (Wildman–Crippen LogP) is 3.34.